The van der Waals surface area contributed by atoms with Crippen LogP contribution in [-0.2, 0) is 21.5 Å². The van der Waals surface area contributed by atoms with Crippen LogP contribution in [0.4, 0.5) is 0 Å². The van der Waals surface area contributed by atoms with Gasteiger partial charge in [-0.3, -0.25) is 4.84 Å². The second-order valence-electron chi connectivity index (χ2n) is 4.28. The molecule has 20 heavy (non-hydrogen) atoms. The van der Waals surface area contributed by atoms with Gasteiger partial charge in [-0.15, -0.1) is 0 Å². The number of hydrogen-bond donors (Lipinski definition) is 1. The molecule has 0 amide bonds. The van der Waals surface area contributed by atoms with Gasteiger partial charge in [-0.1, -0.05) is 56.7 Å². The van der Waals surface area contributed by atoms with Crippen molar-refractivity contribution in [3.63, 3.8) is 0 Å². The molecule has 0 heterocycles. The van der Waals surface area contributed by atoms with Crippen molar-refractivity contribution in [2.24, 2.45) is 0 Å². The second-order valence-corrected chi connectivity index (χ2v) is 6.78. The van der Waals surface area contributed by atoms with Crippen LogP contribution < -0.4 is 4.89 Å². The van der Waals surface area contributed by atoms with E-state index >= 15 is 0 Å². The smallest absolute Gasteiger partial charge is 0.262 e. The van der Waals surface area contributed by atoms with E-state index in [1.54, 1.807) is 24.3 Å². The van der Waals surface area contributed by atoms with Gasteiger partial charge in [0, 0.05) is 4.47 Å². The van der Waals surface area contributed by atoms with E-state index < -0.39 is 10.0 Å². The zero-order chi connectivity index (χ0) is 14.6. The molecule has 0 aliphatic carbocycles. The van der Waals surface area contributed by atoms with Gasteiger partial charge in [-0.05, 0) is 30.7 Å². The van der Waals surface area contributed by atoms with Gasteiger partial charge in [0.1, 0.15) is 0 Å². The van der Waals surface area contributed by atoms with Gasteiger partial charge in [0.25, 0.3) is 10.0 Å². The summed E-state index contributed by atoms with van der Waals surface area (Å²) in [4.78, 5) is 7.38. The Balaban J connectivity index is 2.00. The highest BCUT2D eigenvalue weighted by Gasteiger charge is 2.13. The van der Waals surface area contributed by atoms with Crippen molar-refractivity contribution < 1.29 is 13.3 Å². The molecule has 0 radical (unpaired) electrons. The molecule has 0 fully saturated rings. The standard InChI is InChI=1S/C14H14BrNO3S/c1-11-6-8-13(9-7-11)20(17,18)16-19-10-12-4-2-3-5-14(12)15/h2-9,16H,10H2,1H3. The topological polar surface area (TPSA) is 55.4 Å². The maximum atomic E-state index is 12.0. The average molecular weight is 356 g/mol. The number of aryl methyl sites for hydroxylation is 1. The Bertz CT molecular complexity index is 684. The number of sulfonamides is 1. The van der Waals surface area contributed by atoms with E-state index in [2.05, 4.69) is 20.8 Å². The molecule has 106 valence electrons. The van der Waals surface area contributed by atoms with E-state index in [9.17, 15) is 8.42 Å². The van der Waals surface area contributed by atoms with Crippen LogP contribution in [0.2, 0.25) is 0 Å². The van der Waals surface area contributed by atoms with E-state index in [1.807, 2.05) is 31.2 Å². The van der Waals surface area contributed by atoms with Crippen molar-refractivity contribution in [1.82, 2.24) is 4.89 Å². The molecule has 0 aliphatic heterocycles. The molecule has 4 nitrogen and oxygen atoms in total. The Labute approximate surface area is 126 Å². The summed E-state index contributed by atoms with van der Waals surface area (Å²) in [5, 5.41) is 0. The summed E-state index contributed by atoms with van der Waals surface area (Å²) in [6.07, 6.45) is 0. The SMILES string of the molecule is Cc1ccc(S(=O)(=O)NOCc2ccccc2Br)cc1. The van der Waals surface area contributed by atoms with Crippen molar-refractivity contribution in [2.45, 2.75) is 18.4 Å². The molecule has 0 saturated carbocycles. The van der Waals surface area contributed by atoms with Crippen LogP contribution in [0.15, 0.2) is 57.9 Å². The first-order chi connectivity index (χ1) is 9.49. The fourth-order valence-electron chi connectivity index (χ4n) is 1.57. The van der Waals surface area contributed by atoms with E-state index in [4.69, 9.17) is 4.84 Å². The Kier molecular flexibility index (Phi) is 4.93. The second kappa shape index (κ2) is 6.49. The highest BCUT2D eigenvalue weighted by Crippen LogP contribution is 2.16. The number of benzene rings is 2. The highest BCUT2D eigenvalue weighted by atomic mass is 79.9. The molecule has 2 rings (SSSR count). The third kappa shape index (κ3) is 3.89. The first kappa shape index (κ1) is 15.2. The van der Waals surface area contributed by atoms with E-state index in [1.165, 1.54) is 0 Å². The number of rotatable bonds is 5. The molecular weight excluding hydrogens is 342 g/mol. The van der Waals surface area contributed by atoms with E-state index in [-0.39, 0.29) is 11.5 Å². The summed E-state index contributed by atoms with van der Waals surface area (Å²) in [5.74, 6) is 0. The van der Waals surface area contributed by atoms with Gasteiger partial charge in [0.05, 0.1) is 11.5 Å². The Morgan fingerprint density at radius 3 is 2.40 bits per heavy atom. The van der Waals surface area contributed by atoms with Crippen molar-refractivity contribution in [1.29, 1.82) is 0 Å². The van der Waals surface area contributed by atoms with Crippen LogP contribution in [0.25, 0.3) is 0 Å². The van der Waals surface area contributed by atoms with Gasteiger partial charge in [-0.2, -0.15) is 0 Å². The third-order valence-corrected chi connectivity index (χ3v) is 4.69. The molecule has 1 N–H and O–H groups in total. The lowest BCUT2D eigenvalue weighted by molar-refractivity contribution is 0.0791. The predicted molar refractivity (Wildman–Crippen MR) is 80.4 cm³/mol. The van der Waals surface area contributed by atoms with Crippen LogP contribution in [0.1, 0.15) is 11.1 Å². The molecule has 0 saturated heterocycles. The maximum Gasteiger partial charge on any atom is 0.262 e. The molecule has 0 atom stereocenters. The fourth-order valence-corrected chi connectivity index (χ4v) is 2.77. The van der Waals surface area contributed by atoms with E-state index in [0.29, 0.717) is 0 Å². The first-order valence-corrected chi connectivity index (χ1v) is 8.20. The summed E-state index contributed by atoms with van der Waals surface area (Å²) in [5.41, 5.74) is 1.86. The molecule has 2 aromatic rings. The molecule has 2 aromatic carbocycles. The van der Waals surface area contributed by atoms with Crippen LogP contribution >= 0.6 is 15.9 Å². The minimum absolute atomic E-state index is 0.145. The number of halogens is 1. The van der Waals surface area contributed by atoms with Crippen LogP contribution in [-0.4, -0.2) is 8.42 Å². The van der Waals surface area contributed by atoms with Gasteiger partial charge in [0.2, 0.25) is 0 Å². The summed E-state index contributed by atoms with van der Waals surface area (Å²) < 4.78 is 24.8. The summed E-state index contributed by atoms with van der Waals surface area (Å²) >= 11 is 3.37. The maximum absolute atomic E-state index is 12.0. The van der Waals surface area contributed by atoms with Gasteiger partial charge >= 0.3 is 0 Å². The molecule has 0 unspecified atom stereocenters. The highest BCUT2D eigenvalue weighted by molar-refractivity contribution is 9.10. The quantitative estimate of drug-likeness (QED) is 0.838. The van der Waals surface area contributed by atoms with Crippen molar-refractivity contribution in [3.05, 3.63) is 64.1 Å². The normalized spacial score (nSPS) is 11.5. The fraction of sp³-hybridized carbons (Fsp3) is 0.143. The van der Waals surface area contributed by atoms with Crippen molar-refractivity contribution >= 4 is 26.0 Å². The minimum Gasteiger partial charge on any atom is -0.282 e. The monoisotopic (exact) mass is 355 g/mol. The van der Waals surface area contributed by atoms with Crippen molar-refractivity contribution in [2.75, 3.05) is 0 Å². The minimum atomic E-state index is -3.65. The predicted octanol–water partition coefficient (Wildman–Crippen LogP) is 3.17. The largest absolute Gasteiger partial charge is 0.282 e. The van der Waals surface area contributed by atoms with Gasteiger partial charge in [-0.25, -0.2) is 8.42 Å². The molecule has 0 aliphatic rings. The zero-order valence-corrected chi connectivity index (χ0v) is 13.2. The van der Waals surface area contributed by atoms with Gasteiger partial charge < -0.3 is 0 Å². The summed E-state index contributed by atoms with van der Waals surface area (Å²) in [7, 11) is -3.65. The molecule has 0 bridgehead atoms. The zero-order valence-electron chi connectivity index (χ0n) is 10.8. The Hall–Kier alpha value is -1.21. The molecule has 0 spiro atoms. The summed E-state index contributed by atoms with van der Waals surface area (Å²) in [6.45, 7) is 2.04. The van der Waals surface area contributed by atoms with Crippen LogP contribution in [0.3, 0.4) is 0 Å². The van der Waals surface area contributed by atoms with Crippen molar-refractivity contribution in [3.8, 4) is 0 Å². The third-order valence-electron chi connectivity index (χ3n) is 2.69. The number of nitrogens with one attached hydrogen (secondary N) is 1. The molecular formula is C14H14BrNO3S. The molecule has 0 aromatic heterocycles. The van der Waals surface area contributed by atoms with Crippen LogP contribution in [0.5, 0.6) is 0 Å². The average Bonchev–Trinajstić information content (AvgIpc) is 2.41. The van der Waals surface area contributed by atoms with E-state index in [0.717, 1.165) is 15.6 Å². The lowest BCUT2D eigenvalue weighted by Gasteiger charge is -2.08. The Morgan fingerprint density at radius 2 is 1.75 bits per heavy atom. The van der Waals surface area contributed by atoms with Crippen LogP contribution in [0, 0.1) is 6.92 Å². The molecule has 6 heteroatoms. The Morgan fingerprint density at radius 1 is 1.10 bits per heavy atom. The summed E-state index contributed by atoms with van der Waals surface area (Å²) in [6, 6.07) is 14.0. The van der Waals surface area contributed by atoms with Gasteiger partial charge in [0.15, 0.2) is 0 Å². The number of hydrogen-bond acceptors (Lipinski definition) is 3. The first-order valence-electron chi connectivity index (χ1n) is 5.93. The lowest BCUT2D eigenvalue weighted by Crippen LogP contribution is -2.24. The lowest BCUT2D eigenvalue weighted by atomic mass is 10.2.